The molecule has 0 amide bonds. The molecule has 1 saturated heterocycles. The average molecular weight is 289 g/mol. The molecular formula is C10H13ClN4O2S. The molecule has 2 rings (SSSR count). The molecule has 6 nitrogen and oxygen atoms in total. The zero-order valence-corrected chi connectivity index (χ0v) is 11.1. The van der Waals surface area contributed by atoms with Crippen LogP contribution in [0.15, 0.2) is 23.4 Å². The number of aromatic nitrogens is 1. The number of sulfonamides is 1. The van der Waals surface area contributed by atoms with Crippen LogP contribution in [-0.2, 0) is 10.0 Å². The van der Waals surface area contributed by atoms with Crippen molar-refractivity contribution in [1.29, 1.82) is 5.26 Å². The number of nitriles is 1. The first kappa shape index (κ1) is 14.9. The number of hydrogen-bond donors (Lipinski definition) is 2. The summed E-state index contributed by atoms with van der Waals surface area (Å²) in [5.41, 5.74) is 0.282. The molecule has 0 unspecified atom stereocenters. The van der Waals surface area contributed by atoms with Gasteiger partial charge in [-0.25, -0.2) is 18.1 Å². The Morgan fingerprint density at radius 3 is 2.94 bits per heavy atom. The third-order valence-corrected chi connectivity index (χ3v) is 3.94. The Hall–Kier alpha value is -1.20. The Balaban J connectivity index is 0.00000162. The molecule has 0 aromatic carbocycles. The maximum Gasteiger partial charge on any atom is 0.258 e. The first-order chi connectivity index (χ1) is 8.12. The molecule has 1 aromatic heterocycles. The lowest BCUT2D eigenvalue weighted by Gasteiger charge is -2.11. The monoisotopic (exact) mass is 288 g/mol. The van der Waals surface area contributed by atoms with E-state index in [9.17, 15) is 8.42 Å². The quantitative estimate of drug-likeness (QED) is 0.817. The Bertz CT molecular complexity index is 549. The van der Waals surface area contributed by atoms with Crippen molar-refractivity contribution in [3.8, 4) is 6.07 Å². The minimum atomic E-state index is -3.63. The van der Waals surface area contributed by atoms with E-state index in [-0.39, 0.29) is 29.0 Å². The molecule has 98 valence electrons. The van der Waals surface area contributed by atoms with E-state index >= 15 is 0 Å². The first-order valence-corrected chi connectivity index (χ1v) is 6.69. The number of hydrogen-bond acceptors (Lipinski definition) is 5. The molecule has 0 saturated carbocycles. The molecule has 0 bridgehead atoms. The molecule has 1 atom stereocenters. The number of pyridine rings is 1. The van der Waals surface area contributed by atoms with Crippen LogP contribution in [0.4, 0.5) is 0 Å². The van der Waals surface area contributed by atoms with Crippen molar-refractivity contribution in [2.45, 2.75) is 17.5 Å². The fraction of sp³-hybridized carbons (Fsp3) is 0.400. The first-order valence-electron chi connectivity index (χ1n) is 5.21. The van der Waals surface area contributed by atoms with E-state index in [0.29, 0.717) is 6.54 Å². The second kappa shape index (κ2) is 6.11. The standard InChI is InChI=1S/C10H12N4O2S.ClH/c11-6-8-1-4-13-10(5-8)17(15,16)14-9-2-3-12-7-9;/h1,4-5,9,12,14H,2-3,7H2;1H/t9-;/m0./s1. The van der Waals surface area contributed by atoms with E-state index in [2.05, 4.69) is 15.0 Å². The second-order valence-corrected chi connectivity index (χ2v) is 5.47. The van der Waals surface area contributed by atoms with Crippen molar-refractivity contribution in [2.75, 3.05) is 13.1 Å². The van der Waals surface area contributed by atoms with E-state index in [4.69, 9.17) is 5.26 Å². The van der Waals surface area contributed by atoms with E-state index < -0.39 is 10.0 Å². The van der Waals surface area contributed by atoms with Gasteiger partial charge in [0.1, 0.15) is 0 Å². The Kier molecular flexibility index (Phi) is 5.04. The normalized spacial score (nSPS) is 18.9. The Morgan fingerprint density at radius 1 is 1.56 bits per heavy atom. The molecule has 1 aromatic rings. The van der Waals surface area contributed by atoms with Gasteiger partial charge >= 0.3 is 0 Å². The van der Waals surface area contributed by atoms with Crippen LogP contribution in [0, 0.1) is 11.3 Å². The van der Waals surface area contributed by atoms with Gasteiger partial charge in [0, 0.05) is 18.8 Å². The molecule has 8 heteroatoms. The van der Waals surface area contributed by atoms with Gasteiger partial charge in [0.2, 0.25) is 0 Å². The highest BCUT2D eigenvalue weighted by Crippen LogP contribution is 2.09. The summed E-state index contributed by atoms with van der Waals surface area (Å²) in [5, 5.41) is 11.7. The van der Waals surface area contributed by atoms with Gasteiger partial charge in [0.05, 0.1) is 11.6 Å². The van der Waals surface area contributed by atoms with Crippen molar-refractivity contribution in [3.05, 3.63) is 23.9 Å². The Morgan fingerprint density at radius 2 is 2.33 bits per heavy atom. The molecule has 1 aliphatic heterocycles. The number of nitrogens with one attached hydrogen (secondary N) is 2. The third-order valence-electron chi connectivity index (χ3n) is 2.52. The number of halogens is 1. The molecular weight excluding hydrogens is 276 g/mol. The maximum atomic E-state index is 11.9. The summed E-state index contributed by atoms with van der Waals surface area (Å²) in [7, 11) is -3.63. The van der Waals surface area contributed by atoms with E-state index in [0.717, 1.165) is 13.0 Å². The van der Waals surface area contributed by atoms with Gasteiger partial charge in [-0.3, -0.25) is 0 Å². The summed E-state index contributed by atoms with van der Waals surface area (Å²) in [6.07, 6.45) is 2.08. The van der Waals surface area contributed by atoms with Crippen LogP contribution in [0.1, 0.15) is 12.0 Å². The highest BCUT2D eigenvalue weighted by atomic mass is 35.5. The lowest BCUT2D eigenvalue weighted by molar-refractivity contribution is 0.556. The summed E-state index contributed by atoms with van der Waals surface area (Å²) in [5.74, 6) is 0. The van der Waals surface area contributed by atoms with Crippen LogP contribution >= 0.6 is 12.4 Å². The van der Waals surface area contributed by atoms with Crippen molar-refractivity contribution in [1.82, 2.24) is 15.0 Å². The third kappa shape index (κ3) is 3.40. The molecule has 0 radical (unpaired) electrons. The SMILES string of the molecule is Cl.N#Cc1ccnc(S(=O)(=O)N[C@H]2CCNC2)c1. The highest BCUT2D eigenvalue weighted by molar-refractivity contribution is 7.89. The smallest absolute Gasteiger partial charge is 0.258 e. The van der Waals surface area contributed by atoms with Crippen LogP contribution in [0.2, 0.25) is 0 Å². The lowest BCUT2D eigenvalue weighted by Crippen LogP contribution is -2.36. The van der Waals surface area contributed by atoms with Gasteiger partial charge in [-0.05, 0) is 25.1 Å². The number of nitrogens with zero attached hydrogens (tertiary/aromatic N) is 2. The van der Waals surface area contributed by atoms with Crippen LogP contribution in [0.25, 0.3) is 0 Å². The topological polar surface area (TPSA) is 94.9 Å². The average Bonchev–Trinajstić information content (AvgIpc) is 2.81. The predicted octanol–water partition coefficient (Wildman–Crippen LogP) is 0.0153. The van der Waals surface area contributed by atoms with Gasteiger partial charge in [-0.2, -0.15) is 5.26 Å². The molecule has 0 spiro atoms. The van der Waals surface area contributed by atoms with Gasteiger partial charge in [0.15, 0.2) is 5.03 Å². The molecule has 18 heavy (non-hydrogen) atoms. The van der Waals surface area contributed by atoms with Gasteiger partial charge in [-0.1, -0.05) is 0 Å². The summed E-state index contributed by atoms with van der Waals surface area (Å²) < 4.78 is 26.5. The Labute approximate surface area is 112 Å². The van der Waals surface area contributed by atoms with Gasteiger partial charge in [-0.15, -0.1) is 12.4 Å². The van der Waals surface area contributed by atoms with Crippen molar-refractivity contribution in [3.63, 3.8) is 0 Å². The minimum Gasteiger partial charge on any atom is -0.315 e. The zero-order valence-electron chi connectivity index (χ0n) is 9.46. The largest absolute Gasteiger partial charge is 0.315 e. The van der Waals surface area contributed by atoms with Crippen molar-refractivity contribution < 1.29 is 8.42 Å². The van der Waals surface area contributed by atoms with Crippen LogP contribution in [-0.4, -0.2) is 32.5 Å². The van der Waals surface area contributed by atoms with Crippen molar-refractivity contribution >= 4 is 22.4 Å². The van der Waals surface area contributed by atoms with E-state index in [1.807, 2.05) is 6.07 Å². The minimum absolute atomic E-state index is 0. The molecule has 0 aliphatic carbocycles. The summed E-state index contributed by atoms with van der Waals surface area (Å²) >= 11 is 0. The summed E-state index contributed by atoms with van der Waals surface area (Å²) in [4.78, 5) is 3.78. The maximum absolute atomic E-state index is 11.9. The van der Waals surface area contributed by atoms with Crippen LogP contribution < -0.4 is 10.0 Å². The number of rotatable bonds is 3. The van der Waals surface area contributed by atoms with Gasteiger partial charge < -0.3 is 5.32 Å². The highest BCUT2D eigenvalue weighted by Gasteiger charge is 2.23. The molecule has 2 N–H and O–H groups in total. The summed E-state index contributed by atoms with van der Waals surface area (Å²) in [6.45, 7) is 1.43. The molecule has 1 aliphatic rings. The van der Waals surface area contributed by atoms with Crippen LogP contribution in [0.3, 0.4) is 0 Å². The lowest BCUT2D eigenvalue weighted by atomic mass is 10.3. The van der Waals surface area contributed by atoms with Gasteiger partial charge in [0.25, 0.3) is 10.0 Å². The predicted molar refractivity (Wildman–Crippen MR) is 67.8 cm³/mol. The van der Waals surface area contributed by atoms with E-state index in [1.54, 1.807) is 0 Å². The zero-order chi connectivity index (χ0) is 12.3. The fourth-order valence-corrected chi connectivity index (χ4v) is 2.90. The van der Waals surface area contributed by atoms with E-state index in [1.165, 1.54) is 18.3 Å². The summed E-state index contributed by atoms with van der Waals surface area (Å²) in [6, 6.07) is 4.52. The molecule has 2 heterocycles. The second-order valence-electron chi connectivity index (χ2n) is 3.81. The van der Waals surface area contributed by atoms with Crippen molar-refractivity contribution in [2.24, 2.45) is 0 Å². The fourth-order valence-electron chi connectivity index (χ4n) is 1.66. The van der Waals surface area contributed by atoms with Crippen LogP contribution in [0.5, 0.6) is 0 Å². The molecule has 1 fully saturated rings.